The van der Waals surface area contributed by atoms with E-state index in [0.717, 1.165) is 58.7 Å². The minimum absolute atomic E-state index is 0.662. The highest BCUT2D eigenvalue weighted by Crippen LogP contribution is 1.91. The first kappa shape index (κ1) is 16.8. The molecule has 0 spiro atoms. The Labute approximate surface area is 106 Å². The van der Waals surface area contributed by atoms with E-state index in [1.807, 2.05) is 0 Å². The predicted octanol–water partition coefficient (Wildman–Crippen LogP) is -0.467. The lowest BCUT2D eigenvalue weighted by Gasteiger charge is -2.20. The number of nitrogens with one attached hydrogen (secondary N) is 2. The van der Waals surface area contributed by atoms with Gasteiger partial charge in [0.2, 0.25) is 0 Å². The molecular formula is C12H31N5. The number of hydrogen-bond acceptors (Lipinski definition) is 5. The van der Waals surface area contributed by atoms with E-state index in [0.29, 0.717) is 6.67 Å². The van der Waals surface area contributed by atoms with Crippen molar-refractivity contribution in [2.45, 2.75) is 26.2 Å². The SMILES string of the molecule is CCNCCCN(CN)CCCNCCCN. The van der Waals surface area contributed by atoms with Crippen LogP contribution >= 0.6 is 0 Å². The summed E-state index contributed by atoms with van der Waals surface area (Å²) in [6.07, 6.45) is 3.39. The highest BCUT2D eigenvalue weighted by Gasteiger charge is 2.01. The van der Waals surface area contributed by atoms with Crippen molar-refractivity contribution in [3.05, 3.63) is 0 Å². The molecule has 0 aliphatic rings. The number of hydrogen-bond donors (Lipinski definition) is 4. The van der Waals surface area contributed by atoms with E-state index < -0.39 is 0 Å². The van der Waals surface area contributed by atoms with Gasteiger partial charge >= 0.3 is 0 Å². The van der Waals surface area contributed by atoms with Gasteiger partial charge in [0.25, 0.3) is 0 Å². The van der Waals surface area contributed by atoms with E-state index >= 15 is 0 Å². The summed E-state index contributed by atoms with van der Waals surface area (Å²) >= 11 is 0. The molecule has 104 valence electrons. The molecule has 0 aliphatic heterocycles. The molecule has 5 heteroatoms. The molecule has 0 aromatic carbocycles. The Hall–Kier alpha value is -0.200. The third-order valence-electron chi connectivity index (χ3n) is 2.72. The fourth-order valence-corrected chi connectivity index (χ4v) is 1.68. The maximum absolute atomic E-state index is 5.72. The van der Waals surface area contributed by atoms with Crippen LogP contribution in [-0.2, 0) is 0 Å². The zero-order chi connectivity index (χ0) is 12.8. The highest BCUT2D eigenvalue weighted by molar-refractivity contribution is 4.58. The van der Waals surface area contributed by atoms with Gasteiger partial charge in [-0.2, -0.15) is 0 Å². The van der Waals surface area contributed by atoms with Crippen LogP contribution in [0.25, 0.3) is 0 Å². The van der Waals surface area contributed by atoms with Crippen LogP contribution in [0.2, 0.25) is 0 Å². The van der Waals surface area contributed by atoms with Crippen molar-refractivity contribution in [1.82, 2.24) is 15.5 Å². The smallest absolute Gasteiger partial charge is 0.0455 e. The Balaban J connectivity index is 3.28. The van der Waals surface area contributed by atoms with Gasteiger partial charge in [-0.3, -0.25) is 4.90 Å². The average Bonchev–Trinajstić information content (AvgIpc) is 2.36. The summed E-state index contributed by atoms with van der Waals surface area (Å²) in [5, 5.41) is 6.71. The molecule has 0 amide bonds. The summed E-state index contributed by atoms with van der Waals surface area (Å²) < 4.78 is 0. The van der Waals surface area contributed by atoms with Crippen LogP contribution in [0.5, 0.6) is 0 Å². The molecule has 0 rings (SSSR count). The van der Waals surface area contributed by atoms with Gasteiger partial charge in [-0.1, -0.05) is 6.92 Å². The second-order valence-corrected chi connectivity index (χ2v) is 4.25. The summed E-state index contributed by atoms with van der Waals surface area (Å²) in [5.41, 5.74) is 11.1. The van der Waals surface area contributed by atoms with Crippen molar-refractivity contribution in [3.8, 4) is 0 Å². The Kier molecular flexibility index (Phi) is 13.7. The van der Waals surface area contributed by atoms with E-state index in [-0.39, 0.29) is 0 Å². The van der Waals surface area contributed by atoms with E-state index in [4.69, 9.17) is 11.5 Å². The molecule has 0 fully saturated rings. The third kappa shape index (κ3) is 12.1. The average molecular weight is 245 g/mol. The van der Waals surface area contributed by atoms with Crippen LogP contribution in [0.15, 0.2) is 0 Å². The summed E-state index contributed by atoms with van der Waals surface area (Å²) in [4.78, 5) is 2.31. The van der Waals surface area contributed by atoms with E-state index in [1.165, 1.54) is 6.42 Å². The molecule has 0 saturated carbocycles. The molecule has 0 saturated heterocycles. The van der Waals surface area contributed by atoms with Gasteiger partial charge in [0.1, 0.15) is 0 Å². The molecule has 5 nitrogen and oxygen atoms in total. The van der Waals surface area contributed by atoms with Crippen LogP contribution in [0, 0.1) is 0 Å². The zero-order valence-electron chi connectivity index (χ0n) is 11.4. The lowest BCUT2D eigenvalue weighted by Crippen LogP contribution is -2.34. The quantitative estimate of drug-likeness (QED) is 0.261. The molecule has 0 heterocycles. The van der Waals surface area contributed by atoms with Crippen molar-refractivity contribution < 1.29 is 0 Å². The van der Waals surface area contributed by atoms with Crippen molar-refractivity contribution in [2.75, 3.05) is 52.5 Å². The lowest BCUT2D eigenvalue weighted by atomic mass is 10.3. The first-order chi connectivity index (χ1) is 8.35. The van der Waals surface area contributed by atoms with Crippen LogP contribution < -0.4 is 22.1 Å². The maximum Gasteiger partial charge on any atom is 0.0455 e. The number of nitrogens with zero attached hydrogens (tertiary/aromatic N) is 1. The van der Waals surface area contributed by atoms with Gasteiger partial charge in [0.05, 0.1) is 0 Å². The molecule has 0 bridgehead atoms. The normalized spacial score (nSPS) is 11.3. The first-order valence-electron chi connectivity index (χ1n) is 6.89. The Morgan fingerprint density at radius 2 is 1.47 bits per heavy atom. The van der Waals surface area contributed by atoms with Crippen molar-refractivity contribution in [1.29, 1.82) is 0 Å². The van der Waals surface area contributed by atoms with Gasteiger partial charge < -0.3 is 22.1 Å². The topological polar surface area (TPSA) is 79.3 Å². The Morgan fingerprint density at radius 3 is 2.00 bits per heavy atom. The molecule has 0 atom stereocenters. The fourth-order valence-electron chi connectivity index (χ4n) is 1.68. The van der Waals surface area contributed by atoms with Crippen molar-refractivity contribution >= 4 is 0 Å². The molecule has 0 unspecified atom stereocenters. The van der Waals surface area contributed by atoms with Gasteiger partial charge in [-0.05, 0) is 52.0 Å². The van der Waals surface area contributed by atoms with Gasteiger partial charge in [-0.25, -0.2) is 0 Å². The summed E-state index contributed by atoms with van der Waals surface area (Å²) in [6, 6.07) is 0. The van der Waals surface area contributed by atoms with Gasteiger partial charge in [-0.15, -0.1) is 0 Å². The Morgan fingerprint density at radius 1 is 0.882 bits per heavy atom. The number of rotatable bonds is 13. The predicted molar refractivity (Wildman–Crippen MR) is 74.9 cm³/mol. The first-order valence-corrected chi connectivity index (χ1v) is 6.89. The largest absolute Gasteiger partial charge is 0.330 e. The molecule has 6 N–H and O–H groups in total. The molecule has 0 aromatic rings. The molecule has 0 aliphatic carbocycles. The zero-order valence-corrected chi connectivity index (χ0v) is 11.4. The summed E-state index contributed by atoms with van der Waals surface area (Å²) in [5.74, 6) is 0. The second kappa shape index (κ2) is 13.9. The standard InChI is InChI=1S/C12H31N5/c1-2-15-8-4-10-17(12-14)11-5-9-16-7-3-6-13/h15-16H,2-14H2,1H3. The van der Waals surface area contributed by atoms with Crippen molar-refractivity contribution in [2.24, 2.45) is 11.5 Å². The summed E-state index contributed by atoms with van der Waals surface area (Å²) in [6.45, 7) is 9.96. The van der Waals surface area contributed by atoms with E-state index in [2.05, 4.69) is 22.5 Å². The number of nitrogens with two attached hydrogens (primary N) is 2. The lowest BCUT2D eigenvalue weighted by molar-refractivity contribution is 0.272. The molecule has 0 radical (unpaired) electrons. The van der Waals surface area contributed by atoms with Gasteiger partial charge in [0, 0.05) is 19.8 Å². The van der Waals surface area contributed by atoms with Crippen LogP contribution in [0.4, 0.5) is 0 Å². The molecular weight excluding hydrogens is 214 g/mol. The fraction of sp³-hybridized carbons (Fsp3) is 1.00. The monoisotopic (exact) mass is 245 g/mol. The minimum atomic E-state index is 0.662. The maximum atomic E-state index is 5.72. The second-order valence-electron chi connectivity index (χ2n) is 4.25. The third-order valence-corrected chi connectivity index (χ3v) is 2.72. The van der Waals surface area contributed by atoms with Crippen LogP contribution in [0.1, 0.15) is 26.2 Å². The van der Waals surface area contributed by atoms with E-state index in [1.54, 1.807) is 0 Å². The van der Waals surface area contributed by atoms with E-state index in [9.17, 15) is 0 Å². The van der Waals surface area contributed by atoms with Crippen LogP contribution in [0.3, 0.4) is 0 Å². The van der Waals surface area contributed by atoms with Gasteiger partial charge in [0.15, 0.2) is 0 Å². The highest BCUT2D eigenvalue weighted by atomic mass is 15.2. The Bertz CT molecular complexity index is 143. The molecule has 0 aromatic heterocycles. The van der Waals surface area contributed by atoms with Crippen LogP contribution in [-0.4, -0.2) is 57.4 Å². The van der Waals surface area contributed by atoms with Crippen molar-refractivity contribution in [3.63, 3.8) is 0 Å². The summed E-state index contributed by atoms with van der Waals surface area (Å²) in [7, 11) is 0. The minimum Gasteiger partial charge on any atom is -0.330 e. The molecule has 17 heavy (non-hydrogen) atoms.